The van der Waals surface area contributed by atoms with Crippen LogP contribution in [0, 0.1) is 17.3 Å². The Labute approximate surface area is 121 Å². The van der Waals surface area contributed by atoms with Crippen LogP contribution in [-0.4, -0.2) is 42.6 Å². The number of carboxylic acids is 1. The Balaban J connectivity index is 2.14. The average molecular weight is 303 g/mol. The fourth-order valence-corrected chi connectivity index (χ4v) is 5.84. The molecule has 0 aromatic rings. The molecule has 0 bridgehead atoms. The highest BCUT2D eigenvalue weighted by molar-refractivity contribution is 7.89. The SMILES string of the molecule is CCC(CC)CS(=O)(=O)N1C[C@@H]2CCC[C@@]2(C(=O)O)C1. The average Bonchev–Trinajstić information content (AvgIpc) is 2.93. The Hall–Kier alpha value is -0.620. The minimum atomic E-state index is -3.33. The van der Waals surface area contributed by atoms with Gasteiger partial charge in [0, 0.05) is 13.1 Å². The van der Waals surface area contributed by atoms with Gasteiger partial charge in [-0.2, -0.15) is 0 Å². The third kappa shape index (κ3) is 2.60. The number of hydrogen-bond donors (Lipinski definition) is 1. The summed E-state index contributed by atoms with van der Waals surface area (Å²) >= 11 is 0. The lowest BCUT2D eigenvalue weighted by Crippen LogP contribution is -2.38. The molecule has 2 rings (SSSR count). The van der Waals surface area contributed by atoms with Gasteiger partial charge in [-0.25, -0.2) is 12.7 Å². The number of carboxylic acid groups (broad SMARTS) is 1. The zero-order valence-electron chi connectivity index (χ0n) is 12.3. The van der Waals surface area contributed by atoms with E-state index in [1.165, 1.54) is 4.31 Å². The van der Waals surface area contributed by atoms with E-state index in [0.29, 0.717) is 13.0 Å². The topological polar surface area (TPSA) is 74.7 Å². The number of hydrogen-bond acceptors (Lipinski definition) is 3. The molecule has 0 spiro atoms. The summed E-state index contributed by atoms with van der Waals surface area (Å²) in [6.07, 6.45) is 4.04. The number of rotatable bonds is 6. The van der Waals surface area contributed by atoms with E-state index in [-0.39, 0.29) is 24.1 Å². The van der Waals surface area contributed by atoms with Crippen LogP contribution < -0.4 is 0 Å². The first kappa shape index (κ1) is 15.8. The van der Waals surface area contributed by atoms with Gasteiger partial charge in [0.2, 0.25) is 10.0 Å². The molecule has 116 valence electrons. The molecule has 5 nitrogen and oxygen atoms in total. The Morgan fingerprint density at radius 1 is 1.40 bits per heavy atom. The van der Waals surface area contributed by atoms with Crippen molar-refractivity contribution in [1.29, 1.82) is 0 Å². The fourth-order valence-electron chi connectivity index (χ4n) is 3.73. The van der Waals surface area contributed by atoms with Gasteiger partial charge in [0.15, 0.2) is 0 Å². The van der Waals surface area contributed by atoms with Crippen LogP contribution in [0.3, 0.4) is 0 Å². The molecule has 0 amide bonds. The maximum Gasteiger partial charge on any atom is 0.311 e. The first-order valence-electron chi connectivity index (χ1n) is 7.57. The summed E-state index contributed by atoms with van der Waals surface area (Å²) in [5, 5.41) is 9.51. The Morgan fingerprint density at radius 3 is 2.55 bits per heavy atom. The minimum Gasteiger partial charge on any atom is -0.481 e. The van der Waals surface area contributed by atoms with E-state index >= 15 is 0 Å². The van der Waals surface area contributed by atoms with Crippen molar-refractivity contribution >= 4 is 16.0 Å². The lowest BCUT2D eigenvalue weighted by molar-refractivity contribution is -0.149. The van der Waals surface area contributed by atoms with Gasteiger partial charge in [-0.1, -0.05) is 33.1 Å². The van der Waals surface area contributed by atoms with Crippen molar-refractivity contribution < 1.29 is 18.3 Å². The van der Waals surface area contributed by atoms with Crippen molar-refractivity contribution in [2.75, 3.05) is 18.8 Å². The number of sulfonamides is 1. The molecule has 0 radical (unpaired) electrons. The molecule has 2 aliphatic rings. The Kier molecular flexibility index (Phi) is 4.44. The van der Waals surface area contributed by atoms with Crippen LogP contribution >= 0.6 is 0 Å². The number of aliphatic carboxylic acids is 1. The van der Waals surface area contributed by atoms with Gasteiger partial charge in [0.05, 0.1) is 11.2 Å². The fraction of sp³-hybridized carbons (Fsp3) is 0.929. The summed E-state index contributed by atoms with van der Waals surface area (Å²) in [5.41, 5.74) is -0.818. The van der Waals surface area contributed by atoms with Gasteiger partial charge in [-0.3, -0.25) is 4.79 Å². The second-order valence-corrected chi connectivity index (χ2v) is 8.32. The predicted octanol–water partition coefficient (Wildman–Crippen LogP) is 1.94. The van der Waals surface area contributed by atoms with E-state index in [0.717, 1.165) is 25.7 Å². The van der Waals surface area contributed by atoms with Gasteiger partial charge in [-0.05, 0) is 24.7 Å². The number of fused-ring (bicyclic) bond motifs is 1. The van der Waals surface area contributed by atoms with E-state index in [1.807, 2.05) is 13.8 Å². The molecule has 0 aromatic heterocycles. The van der Waals surface area contributed by atoms with Crippen LogP contribution in [0.25, 0.3) is 0 Å². The smallest absolute Gasteiger partial charge is 0.311 e. The van der Waals surface area contributed by atoms with Crippen LogP contribution in [0.15, 0.2) is 0 Å². The van der Waals surface area contributed by atoms with Crippen LogP contribution in [0.2, 0.25) is 0 Å². The van der Waals surface area contributed by atoms with Gasteiger partial charge in [0.25, 0.3) is 0 Å². The Morgan fingerprint density at radius 2 is 2.05 bits per heavy atom. The molecular weight excluding hydrogens is 278 g/mol. The van der Waals surface area contributed by atoms with Gasteiger partial charge in [0.1, 0.15) is 0 Å². The molecule has 0 unspecified atom stereocenters. The van der Waals surface area contributed by atoms with E-state index in [1.54, 1.807) is 0 Å². The van der Waals surface area contributed by atoms with Crippen LogP contribution in [-0.2, 0) is 14.8 Å². The summed E-state index contributed by atoms with van der Waals surface area (Å²) in [6, 6.07) is 0. The van der Waals surface area contributed by atoms with Gasteiger partial charge in [-0.15, -0.1) is 0 Å². The molecule has 1 saturated heterocycles. The van der Waals surface area contributed by atoms with E-state index < -0.39 is 21.4 Å². The van der Waals surface area contributed by atoms with Crippen LogP contribution in [0.4, 0.5) is 0 Å². The quantitative estimate of drug-likeness (QED) is 0.813. The standard InChI is InChI=1S/C14H25NO4S/c1-3-11(4-2)9-20(18,19)15-8-12-6-5-7-14(12,10-15)13(16)17/h11-12H,3-10H2,1-2H3,(H,16,17)/t12-,14+/m0/s1. The molecule has 1 saturated carbocycles. The summed E-state index contributed by atoms with van der Waals surface area (Å²) in [7, 11) is -3.33. The highest BCUT2D eigenvalue weighted by atomic mass is 32.2. The molecule has 2 fully saturated rings. The first-order chi connectivity index (χ1) is 9.35. The third-order valence-corrected chi connectivity index (χ3v) is 7.22. The predicted molar refractivity (Wildman–Crippen MR) is 76.8 cm³/mol. The number of carbonyl (C=O) groups is 1. The van der Waals surface area contributed by atoms with Crippen molar-refractivity contribution in [2.45, 2.75) is 46.0 Å². The maximum atomic E-state index is 12.5. The number of nitrogens with zero attached hydrogens (tertiary/aromatic N) is 1. The molecule has 20 heavy (non-hydrogen) atoms. The van der Waals surface area contributed by atoms with E-state index in [4.69, 9.17) is 0 Å². The lowest BCUT2D eigenvalue weighted by Gasteiger charge is -2.24. The van der Waals surface area contributed by atoms with Crippen molar-refractivity contribution in [2.24, 2.45) is 17.3 Å². The molecular formula is C14H25NO4S. The molecule has 1 aliphatic heterocycles. The van der Waals surface area contributed by atoms with Crippen molar-refractivity contribution in [1.82, 2.24) is 4.31 Å². The second kappa shape index (κ2) is 5.64. The van der Waals surface area contributed by atoms with E-state index in [2.05, 4.69) is 0 Å². The molecule has 1 N–H and O–H groups in total. The monoisotopic (exact) mass is 303 g/mol. The molecule has 1 heterocycles. The van der Waals surface area contributed by atoms with Crippen molar-refractivity contribution in [3.63, 3.8) is 0 Å². The third-order valence-electron chi connectivity index (χ3n) is 5.26. The largest absolute Gasteiger partial charge is 0.481 e. The van der Waals surface area contributed by atoms with E-state index in [9.17, 15) is 18.3 Å². The van der Waals surface area contributed by atoms with Crippen molar-refractivity contribution in [3.05, 3.63) is 0 Å². The second-order valence-electron chi connectivity index (χ2n) is 6.30. The summed E-state index contributed by atoms with van der Waals surface area (Å²) in [6.45, 7) is 4.58. The Bertz CT molecular complexity index is 472. The lowest BCUT2D eigenvalue weighted by atomic mass is 9.81. The normalized spacial score (nSPS) is 30.9. The molecule has 0 aromatic carbocycles. The highest BCUT2D eigenvalue weighted by Gasteiger charge is 2.57. The summed E-state index contributed by atoms with van der Waals surface area (Å²) < 4.78 is 26.4. The van der Waals surface area contributed by atoms with Crippen LogP contribution in [0.1, 0.15) is 46.0 Å². The maximum absolute atomic E-state index is 12.5. The zero-order valence-corrected chi connectivity index (χ0v) is 13.2. The zero-order chi connectivity index (χ0) is 15.0. The van der Waals surface area contributed by atoms with Gasteiger partial charge >= 0.3 is 5.97 Å². The van der Waals surface area contributed by atoms with Crippen molar-refractivity contribution in [3.8, 4) is 0 Å². The highest BCUT2D eigenvalue weighted by Crippen LogP contribution is 2.49. The molecule has 1 aliphatic carbocycles. The minimum absolute atomic E-state index is 0.00326. The first-order valence-corrected chi connectivity index (χ1v) is 9.18. The molecule has 6 heteroatoms. The molecule has 2 atom stereocenters. The summed E-state index contributed by atoms with van der Waals surface area (Å²) in [5.74, 6) is -0.500. The van der Waals surface area contributed by atoms with Crippen LogP contribution in [0.5, 0.6) is 0 Å². The summed E-state index contributed by atoms with van der Waals surface area (Å²) in [4.78, 5) is 11.6. The van der Waals surface area contributed by atoms with Gasteiger partial charge < -0.3 is 5.11 Å².